The number of carboxylic acids is 1. The predicted octanol–water partition coefficient (Wildman–Crippen LogP) is 2.04. The van der Waals surface area contributed by atoms with E-state index in [0.29, 0.717) is 0 Å². The Balaban J connectivity index is 2.48. The van der Waals surface area contributed by atoms with Crippen LogP contribution < -0.4 is 9.46 Å². The highest BCUT2D eigenvalue weighted by Gasteiger charge is 2.24. The number of rotatable bonds is 6. The minimum Gasteiger partial charge on any atom is -0.495 e. The van der Waals surface area contributed by atoms with Crippen molar-refractivity contribution in [2.24, 2.45) is 0 Å². The third-order valence-electron chi connectivity index (χ3n) is 2.98. The fourth-order valence-corrected chi connectivity index (χ4v) is 3.96. The molecule has 2 aromatic rings. The second-order valence-electron chi connectivity index (χ2n) is 4.43. The molecule has 24 heavy (non-hydrogen) atoms. The Morgan fingerprint density at radius 1 is 1.21 bits per heavy atom. The van der Waals surface area contributed by atoms with Crippen LogP contribution in [-0.4, -0.2) is 39.7 Å². The quantitative estimate of drug-likeness (QED) is 0.746. The number of ether oxygens (including phenoxy) is 2. The molecule has 8 nitrogen and oxygen atoms in total. The SMILES string of the molecule is COC(=O)c1sccc1NS(=O)(=O)c1cc(C(=O)O)ccc1OC. The molecule has 2 rings (SSSR count). The normalized spacial score (nSPS) is 10.9. The second-order valence-corrected chi connectivity index (χ2v) is 7.00. The third kappa shape index (κ3) is 3.49. The summed E-state index contributed by atoms with van der Waals surface area (Å²) in [6.07, 6.45) is 0. The van der Waals surface area contributed by atoms with Crippen LogP contribution in [0.3, 0.4) is 0 Å². The number of benzene rings is 1. The zero-order valence-electron chi connectivity index (χ0n) is 12.6. The van der Waals surface area contributed by atoms with Gasteiger partial charge in [0.05, 0.1) is 25.5 Å². The highest BCUT2D eigenvalue weighted by atomic mass is 32.2. The van der Waals surface area contributed by atoms with Gasteiger partial charge in [0, 0.05) is 0 Å². The maximum absolute atomic E-state index is 12.6. The van der Waals surface area contributed by atoms with Crippen molar-refractivity contribution >= 4 is 39.0 Å². The van der Waals surface area contributed by atoms with Gasteiger partial charge in [0.1, 0.15) is 15.5 Å². The highest BCUT2D eigenvalue weighted by molar-refractivity contribution is 7.92. The number of carboxylic acid groups (broad SMARTS) is 1. The summed E-state index contributed by atoms with van der Waals surface area (Å²) in [5.41, 5.74) is -0.177. The largest absolute Gasteiger partial charge is 0.495 e. The molecular weight excluding hydrogens is 358 g/mol. The van der Waals surface area contributed by atoms with E-state index in [2.05, 4.69) is 9.46 Å². The van der Waals surface area contributed by atoms with Gasteiger partial charge in [-0.3, -0.25) is 4.72 Å². The number of carbonyl (C=O) groups is 2. The van der Waals surface area contributed by atoms with Crippen LogP contribution >= 0.6 is 11.3 Å². The van der Waals surface area contributed by atoms with E-state index in [1.807, 2.05) is 0 Å². The van der Waals surface area contributed by atoms with Crippen LogP contribution in [0.15, 0.2) is 34.5 Å². The highest BCUT2D eigenvalue weighted by Crippen LogP contribution is 2.30. The number of carbonyl (C=O) groups excluding carboxylic acids is 1. The predicted molar refractivity (Wildman–Crippen MR) is 86.4 cm³/mol. The minimum absolute atomic E-state index is 0.0256. The first-order chi connectivity index (χ1) is 11.3. The van der Waals surface area contributed by atoms with Crippen molar-refractivity contribution in [3.05, 3.63) is 40.1 Å². The summed E-state index contributed by atoms with van der Waals surface area (Å²) in [4.78, 5) is 22.4. The van der Waals surface area contributed by atoms with Gasteiger partial charge in [-0.25, -0.2) is 18.0 Å². The van der Waals surface area contributed by atoms with Crippen LogP contribution in [0.4, 0.5) is 5.69 Å². The van der Waals surface area contributed by atoms with Gasteiger partial charge < -0.3 is 14.6 Å². The molecule has 0 fully saturated rings. The average molecular weight is 371 g/mol. The van der Waals surface area contributed by atoms with Crippen LogP contribution in [0.25, 0.3) is 0 Å². The molecule has 1 heterocycles. The topological polar surface area (TPSA) is 119 Å². The molecule has 0 saturated heterocycles. The summed E-state index contributed by atoms with van der Waals surface area (Å²) in [7, 11) is -1.74. The van der Waals surface area contributed by atoms with E-state index in [1.165, 1.54) is 37.8 Å². The molecule has 128 valence electrons. The number of hydrogen-bond acceptors (Lipinski definition) is 7. The van der Waals surface area contributed by atoms with Gasteiger partial charge in [-0.15, -0.1) is 11.3 Å². The summed E-state index contributed by atoms with van der Waals surface area (Å²) < 4.78 is 37.0. The van der Waals surface area contributed by atoms with Gasteiger partial charge in [0.2, 0.25) is 0 Å². The summed E-state index contributed by atoms with van der Waals surface area (Å²) in [6.45, 7) is 0. The summed E-state index contributed by atoms with van der Waals surface area (Å²) in [5, 5.41) is 10.6. The summed E-state index contributed by atoms with van der Waals surface area (Å²) in [6, 6.07) is 4.85. The molecule has 1 aromatic heterocycles. The van der Waals surface area contributed by atoms with Crippen molar-refractivity contribution in [1.29, 1.82) is 0 Å². The standard InChI is InChI=1S/C14H13NO7S2/c1-21-10-4-3-8(13(16)17)7-11(10)24(19,20)15-9-5-6-23-12(9)14(18)22-2/h3-7,15H,1-2H3,(H,16,17). The molecule has 0 aliphatic rings. The lowest BCUT2D eigenvalue weighted by Gasteiger charge is -2.12. The lowest BCUT2D eigenvalue weighted by molar-refractivity contribution is 0.0606. The molecule has 0 saturated carbocycles. The van der Waals surface area contributed by atoms with Crippen LogP contribution in [0.2, 0.25) is 0 Å². The van der Waals surface area contributed by atoms with Gasteiger partial charge in [0.15, 0.2) is 0 Å². The zero-order chi connectivity index (χ0) is 17.9. The van der Waals surface area contributed by atoms with Crippen LogP contribution in [-0.2, 0) is 14.8 Å². The van der Waals surface area contributed by atoms with Gasteiger partial charge in [-0.05, 0) is 29.6 Å². The number of sulfonamides is 1. The number of methoxy groups -OCH3 is 2. The lowest BCUT2D eigenvalue weighted by Crippen LogP contribution is -2.16. The Kier molecular flexibility index (Phi) is 5.10. The first-order valence-corrected chi connectivity index (χ1v) is 8.76. The van der Waals surface area contributed by atoms with Crippen molar-refractivity contribution in [3.8, 4) is 5.75 Å². The molecule has 0 aliphatic carbocycles. The van der Waals surface area contributed by atoms with E-state index in [1.54, 1.807) is 0 Å². The van der Waals surface area contributed by atoms with Crippen LogP contribution in [0.1, 0.15) is 20.0 Å². The molecule has 1 aromatic carbocycles. The summed E-state index contributed by atoms with van der Waals surface area (Å²) >= 11 is 1.01. The van der Waals surface area contributed by atoms with Gasteiger partial charge in [0.25, 0.3) is 10.0 Å². The monoisotopic (exact) mass is 371 g/mol. The molecule has 2 N–H and O–H groups in total. The van der Waals surface area contributed by atoms with Crippen molar-refractivity contribution in [3.63, 3.8) is 0 Å². The Morgan fingerprint density at radius 3 is 2.50 bits per heavy atom. The van der Waals surface area contributed by atoms with Crippen LogP contribution in [0, 0.1) is 0 Å². The number of esters is 1. The Labute approximate surface area is 141 Å². The molecule has 0 unspecified atom stereocenters. The molecule has 0 radical (unpaired) electrons. The van der Waals surface area contributed by atoms with E-state index in [4.69, 9.17) is 9.84 Å². The number of aromatic carboxylic acids is 1. The first-order valence-electron chi connectivity index (χ1n) is 6.40. The van der Waals surface area contributed by atoms with E-state index < -0.39 is 22.0 Å². The smallest absolute Gasteiger partial charge is 0.350 e. The number of thiophene rings is 1. The Morgan fingerprint density at radius 2 is 1.92 bits per heavy atom. The fraction of sp³-hybridized carbons (Fsp3) is 0.143. The van der Waals surface area contributed by atoms with Crippen molar-refractivity contribution in [2.45, 2.75) is 4.90 Å². The molecule has 0 aliphatic heterocycles. The minimum atomic E-state index is -4.19. The number of hydrogen-bond donors (Lipinski definition) is 2. The van der Waals surface area contributed by atoms with Crippen molar-refractivity contribution in [2.75, 3.05) is 18.9 Å². The molecule has 0 spiro atoms. The fourth-order valence-electron chi connectivity index (χ4n) is 1.86. The summed E-state index contributed by atoms with van der Waals surface area (Å²) in [5.74, 6) is -1.99. The average Bonchev–Trinajstić information content (AvgIpc) is 3.00. The third-order valence-corrected chi connectivity index (χ3v) is 5.26. The van der Waals surface area contributed by atoms with E-state index in [0.717, 1.165) is 17.4 Å². The van der Waals surface area contributed by atoms with Gasteiger partial charge in [-0.1, -0.05) is 0 Å². The van der Waals surface area contributed by atoms with Crippen molar-refractivity contribution in [1.82, 2.24) is 0 Å². The van der Waals surface area contributed by atoms with Gasteiger partial charge >= 0.3 is 11.9 Å². The Hall–Kier alpha value is -2.59. The molecular formula is C14H13NO7S2. The molecule has 10 heteroatoms. The van der Waals surface area contributed by atoms with E-state index in [9.17, 15) is 18.0 Å². The van der Waals surface area contributed by atoms with E-state index >= 15 is 0 Å². The number of anilines is 1. The van der Waals surface area contributed by atoms with Crippen LogP contribution in [0.5, 0.6) is 5.75 Å². The molecule has 0 bridgehead atoms. The van der Waals surface area contributed by atoms with E-state index in [-0.39, 0.29) is 26.8 Å². The first kappa shape index (κ1) is 17.8. The number of nitrogens with one attached hydrogen (secondary N) is 1. The zero-order valence-corrected chi connectivity index (χ0v) is 14.2. The maximum atomic E-state index is 12.6. The Bertz CT molecular complexity index is 886. The second kappa shape index (κ2) is 6.89. The lowest BCUT2D eigenvalue weighted by atomic mass is 10.2. The molecule has 0 amide bonds. The van der Waals surface area contributed by atoms with Crippen molar-refractivity contribution < 1.29 is 32.6 Å². The van der Waals surface area contributed by atoms with Gasteiger partial charge in [-0.2, -0.15) is 0 Å². The molecule has 0 atom stereocenters. The maximum Gasteiger partial charge on any atom is 0.350 e.